The Hall–Kier alpha value is -7.63. The third-order valence-electron chi connectivity index (χ3n) is 23.2. The molecule has 0 aromatic heterocycles. The first kappa shape index (κ1) is 85.6. The number of aryl methyl sites for hydroxylation is 1. The van der Waals surface area contributed by atoms with E-state index in [9.17, 15) is 37.1 Å². The molecule has 31 heteroatoms. The van der Waals surface area contributed by atoms with Crippen LogP contribution in [0.3, 0.4) is 0 Å². The maximum absolute atomic E-state index is 15.8. The Morgan fingerprint density at radius 1 is 0.679 bits per heavy atom. The summed E-state index contributed by atoms with van der Waals surface area (Å²) in [6, 6.07) is -8.73. The molecule has 13 amide bonds. The summed E-state index contributed by atoms with van der Waals surface area (Å²) in [7, 11) is 11.2. The SMILES string of the molecule is CC[C@H](C)[C@@H]1NC(=O)[C@H](CC(C)C)N(C)C(=O)C[C@@H](C(=O)N2CCOCC2)N(C)C(=O)[C@H](C2CCCC2)N(C)C(=O)C2(CCCC2)NC(=O)[C@H](CCC(=O)NC)N(C)C(=O)[C@H](CCc2ccc(C(F)(F)F)c(Cl)c2)NC(=O)CN(C)C(=O)[C@H](CC2CCCCC2)N(C)C(=O)[C@@H]2CCN2C(=O)[C@H](C)N(C)C1=O. The fourth-order valence-corrected chi connectivity index (χ4v) is 16.3. The number of morpholine rings is 1. The molecule has 106 heavy (non-hydrogen) atoms. The second-order valence-corrected chi connectivity index (χ2v) is 31.2. The molecule has 7 rings (SSSR count). The Kier molecular flexibility index (Phi) is 30.7. The van der Waals surface area contributed by atoms with Crippen LogP contribution in [0.25, 0.3) is 0 Å². The number of nitrogens with one attached hydrogen (secondary N) is 4. The molecule has 4 N–H and O–H groups in total. The van der Waals surface area contributed by atoms with E-state index in [-0.39, 0.29) is 108 Å². The van der Waals surface area contributed by atoms with Crippen molar-refractivity contribution >= 4 is 88.4 Å². The molecule has 0 unspecified atom stereocenters. The van der Waals surface area contributed by atoms with Gasteiger partial charge in [-0.05, 0) is 112 Å². The number of carbonyl (C=O) groups excluding carboxylic acids is 13. The zero-order valence-electron chi connectivity index (χ0n) is 64.3. The van der Waals surface area contributed by atoms with Gasteiger partial charge in [-0.1, -0.05) is 110 Å². The average Bonchev–Trinajstić information content (AvgIpc) is 1.75. The Balaban J connectivity index is 1.33. The number of fused-ring (bicyclic) bond motifs is 1. The first-order valence-electron chi connectivity index (χ1n) is 38.0. The third kappa shape index (κ3) is 20.8. The van der Waals surface area contributed by atoms with Crippen molar-refractivity contribution in [2.24, 2.45) is 23.7 Å². The number of alkyl halides is 3. The van der Waals surface area contributed by atoms with Crippen molar-refractivity contribution in [1.82, 2.24) is 65.4 Å². The van der Waals surface area contributed by atoms with E-state index in [0.717, 1.165) is 54.0 Å². The molecule has 1 aromatic rings. The second kappa shape index (κ2) is 37.9. The quantitative estimate of drug-likeness (QED) is 0.195. The van der Waals surface area contributed by atoms with Crippen LogP contribution in [0.5, 0.6) is 0 Å². The lowest BCUT2D eigenvalue weighted by Crippen LogP contribution is -2.65. The Labute approximate surface area is 627 Å². The first-order chi connectivity index (χ1) is 50.0. The van der Waals surface area contributed by atoms with Crippen LogP contribution in [0.4, 0.5) is 13.2 Å². The number of halogens is 4. The van der Waals surface area contributed by atoms with Gasteiger partial charge < -0.3 is 70.1 Å². The van der Waals surface area contributed by atoms with Gasteiger partial charge in [-0.25, -0.2) is 0 Å². The molecule has 10 atom stereocenters. The largest absolute Gasteiger partial charge is 0.417 e. The molecule has 6 aliphatic rings. The molecule has 6 fully saturated rings. The Bertz CT molecular complexity index is 3340. The van der Waals surface area contributed by atoms with E-state index in [1.165, 1.54) is 104 Å². The number of ether oxygens (including phenoxy) is 1. The fourth-order valence-electron chi connectivity index (χ4n) is 16.0. The summed E-state index contributed by atoms with van der Waals surface area (Å²) < 4.78 is 47.5. The second-order valence-electron chi connectivity index (χ2n) is 30.8. The molecule has 3 aliphatic heterocycles. The average molecular weight is 1520 g/mol. The van der Waals surface area contributed by atoms with E-state index < -0.39 is 178 Å². The molecule has 3 saturated carbocycles. The smallest absolute Gasteiger partial charge is 0.378 e. The maximum atomic E-state index is 15.8. The van der Waals surface area contributed by atoms with Crippen LogP contribution in [-0.4, -0.2) is 277 Å². The van der Waals surface area contributed by atoms with E-state index in [1.807, 2.05) is 20.8 Å². The van der Waals surface area contributed by atoms with Crippen LogP contribution in [-0.2, 0) is 79.7 Å². The molecular formula is C75H115ClF3N13O14. The van der Waals surface area contributed by atoms with Crippen molar-refractivity contribution < 1.29 is 80.2 Å². The zero-order chi connectivity index (χ0) is 78.4. The van der Waals surface area contributed by atoms with Gasteiger partial charge in [0.25, 0.3) is 0 Å². The van der Waals surface area contributed by atoms with E-state index in [4.69, 9.17) is 16.3 Å². The van der Waals surface area contributed by atoms with Crippen molar-refractivity contribution in [3.63, 3.8) is 0 Å². The highest BCUT2D eigenvalue weighted by atomic mass is 35.5. The lowest BCUT2D eigenvalue weighted by molar-refractivity contribution is -0.160. The van der Waals surface area contributed by atoms with Gasteiger partial charge in [0.1, 0.15) is 59.9 Å². The number of carbonyl (C=O) groups is 13. The summed E-state index contributed by atoms with van der Waals surface area (Å²) in [5, 5.41) is 10.5. The normalized spacial score (nSPS) is 27.2. The van der Waals surface area contributed by atoms with E-state index in [0.29, 0.717) is 44.9 Å². The summed E-state index contributed by atoms with van der Waals surface area (Å²) >= 11 is 6.18. The minimum absolute atomic E-state index is 0.0127. The fraction of sp³-hybridized carbons (Fsp3) is 0.747. The standard InChI is InChI=1S/C75H115ClF3N13O14/c1-14-46(4)62-71(103)85(8)47(5)66(98)92-35-32-55(92)69(101)88(11)57(42-48-22-16-15-17-23-48)68(100)84(7)44-60(94)81-53(29-27-49-26-28-51(52(76)41-49)75(77,78)79)67(99)87(10)54(30-31-59(93)80-6)65(97)83-74(33-20-21-34-74)73(105)90(13)63(50-24-18-19-25-50)72(104)89(12)58(70(102)91-36-38-106-39-37-91)43-61(95)86(9)56(40-45(2)3)64(96)82-62/h26,28,41,45-48,50,53-58,62-63H,14-25,27,29-40,42-44H2,1-13H3,(H,80,93)(H,81,94)(H,82,96)(H,83,97)/t46-,47-,53-,54-,55-,56-,57-,58-,62-,63-/m0/s1. The minimum atomic E-state index is -4.80. The summed E-state index contributed by atoms with van der Waals surface area (Å²) in [6.45, 7) is 8.84. The van der Waals surface area contributed by atoms with Crippen molar-refractivity contribution in [2.75, 3.05) is 95.8 Å². The minimum Gasteiger partial charge on any atom is -0.378 e. The molecule has 3 heterocycles. The number of amides is 13. The Morgan fingerprint density at radius 2 is 1.30 bits per heavy atom. The molecular weight excluding hydrogens is 1400 g/mol. The molecule has 3 aliphatic carbocycles. The molecule has 3 saturated heterocycles. The van der Waals surface area contributed by atoms with Crippen molar-refractivity contribution in [1.29, 1.82) is 0 Å². The lowest BCUT2D eigenvalue weighted by atomic mass is 9.84. The monoisotopic (exact) mass is 1510 g/mol. The van der Waals surface area contributed by atoms with E-state index in [2.05, 4.69) is 21.3 Å². The highest BCUT2D eigenvalue weighted by Crippen LogP contribution is 2.39. The molecule has 27 nitrogen and oxygen atoms in total. The van der Waals surface area contributed by atoms with Crippen LogP contribution in [0.1, 0.15) is 181 Å². The maximum Gasteiger partial charge on any atom is 0.417 e. The van der Waals surface area contributed by atoms with Crippen LogP contribution in [0.15, 0.2) is 18.2 Å². The summed E-state index contributed by atoms with van der Waals surface area (Å²) in [5.74, 6) is -10.2. The van der Waals surface area contributed by atoms with Gasteiger partial charge in [0, 0.05) is 82.4 Å². The molecule has 0 bridgehead atoms. The van der Waals surface area contributed by atoms with Gasteiger partial charge in [0.15, 0.2) is 0 Å². The van der Waals surface area contributed by atoms with Crippen LogP contribution in [0, 0.1) is 23.7 Å². The highest BCUT2D eigenvalue weighted by Gasteiger charge is 2.52. The number of likely N-dealkylation sites (N-methyl/N-ethyl adjacent to an activating group) is 7. The van der Waals surface area contributed by atoms with Gasteiger partial charge in [-0.3, -0.25) is 62.3 Å². The number of nitrogens with zero attached hydrogens (tertiary/aromatic N) is 9. The summed E-state index contributed by atoms with van der Waals surface area (Å²) in [6.07, 6.45) is 1.92. The first-order valence-corrected chi connectivity index (χ1v) is 38.4. The van der Waals surface area contributed by atoms with Gasteiger partial charge >= 0.3 is 6.18 Å². The predicted octanol–water partition coefficient (Wildman–Crippen LogP) is 4.77. The highest BCUT2D eigenvalue weighted by molar-refractivity contribution is 6.31. The topological polar surface area (TPSA) is 308 Å². The predicted molar refractivity (Wildman–Crippen MR) is 388 cm³/mol. The van der Waals surface area contributed by atoms with Gasteiger partial charge in [0.2, 0.25) is 76.8 Å². The molecule has 0 radical (unpaired) electrons. The summed E-state index contributed by atoms with van der Waals surface area (Å²) in [4.78, 5) is 206. The summed E-state index contributed by atoms with van der Waals surface area (Å²) in [5.41, 5.74) is -2.59. The zero-order valence-corrected chi connectivity index (χ0v) is 65.0. The van der Waals surface area contributed by atoms with Crippen molar-refractivity contribution in [3.8, 4) is 0 Å². The Morgan fingerprint density at radius 3 is 1.88 bits per heavy atom. The van der Waals surface area contributed by atoms with Crippen LogP contribution in [0.2, 0.25) is 5.02 Å². The number of benzene rings is 1. The van der Waals surface area contributed by atoms with E-state index >= 15 is 38.4 Å². The lowest BCUT2D eigenvalue weighted by Gasteiger charge is -2.45. The van der Waals surface area contributed by atoms with Crippen LogP contribution >= 0.6 is 11.6 Å². The molecule has 1 aromatic carbocycles. The molecule has 592 valence electrons. The van der Waals surface area contributed by atoms with Gasteiger partial charge in [-0.2, -0.15) is 13.2 Å². The molecule has 1 spiro atoms. The van der Waals surface area contributed by atoms with Crippen LogP contribution < -0.4 is 21.3 Å². The van der Waals surface area contributed by atoms with Gasteiger partial charge in [-0.15, -0.1) is 0 Å². The van der Waals surface area contributed by atoms with Crippen molar-refractivity contribution in [2.45, 2.75) is 242 Å². The number of hydrogen-bond donors (Lipinski definition) is 4. The van der Waals surface area contributed by atoms with Crippen molar-refractivity contribution in [3.05, 3.63) is 34.3 Å². The third-order valence-corrected chi connectivity index (χ3v) is 23.6. The van der Waals surface area contributed by atoms with E-state index in [1.54, 1.807) is 6.92 Å². The number of rotatable bonds is 14. The van der Waals surface area contributed by atoms with Gasteiger partial charge in [0.05, 0.1) is 36.8 Å². The number of hydrogen-bond acceptors (Lipinski definition) is 14.